The van der Waals surface area contributed by atoms with E-state index in [0.717, 1.165) is 11.4 Å². The summed E-state index contributed by atoms with van der Waals surface area (Å²) in [5.41, 5.74) is 1.02. The molecule has 0 bridgehead atoms. The summed E-state index contributed by atoms with van der Waals surface area (Å²) in [5.74, 6) is 1.97. The largest absolute Gasteiger partial charge is 0.497 e. The second-order valence-corrected chi connectivity index (χ2v) is 6.08. The van der Waals surface area contributed by atoms with Crippen LogP contribution in [0.4, 0.5) is 5.69 Å². The molecular formula is C17H23NO2. The number of nitrogens with zero attached hydrogens (tertiary/aromatic N) is 1. The summed E-state index contributed by atoms with van der Waals surface area (Å²) in [6, 6.07) is 8.26. The summed E-state index contributed by atoms with van der Waals surface area (Å²) in [6.45, 7) is 2.08. The Bertz CT molecular complexity index is 476. The van der Waals surface area contributed by atoms with Crippen LogP contribution in [0.25, 0.3) is 0 Å². The van der Waals surface area contributed by atoms with Gasteiger partial charge in [-0.1, -0.05) is 26.2 Å². The number of hydrogen-bond donors (Lipinski definition) is 0. The van der Waals surface area contributed by atoms with Crippen molar-refractivity contribution in [2.24, 2.45) is 11.8 Å². The number of amides is 1. The van der Waals surface area contributed by atoms with E-state index in [4.69, 9.17) is 4.74 Å². The van der Waals surface area contributed by atoms with Crippen LogP contribution >= 0.6 is 0 Å². The van der Waals surface area contributed by atoms with Crippen molar-refractivity contribution in [3.05, 3.63) is 24.3 Å². The Morgan fingerprint density at radius 2 is 1.75 bits per heavy atom. The Kier molecular flexibility index (Phi) is 3.68. The minimum absolute atomic E-state index is 0.181. The first kappa shape index (κ1) is 13.5. The van der Waals surface area contributed by atoms with Gasteiger partial charge in [0.05, 0.1) is 19.1 Å². The summed E-state index contributed by atoms with van der Waals surface area (Å²) >= 11 is 0. The van der Waals surface area contributed by atoms with Crippen molar-refractivity contribution in [3.63, 3.8) is 0 Å². The lowest BCUT2D eigenvalue weighted by atomic mass is 9.73. The molecule has 0 unspecified atom stereocenters. The lowest BCUT2D eigenvalue weighted by Gasteiger charge is -2.50. The van der Waals surface area contributed by atoms with E-state index >= 15 is 0 Å². The summed E-state index contributed by atoms with van der Waals surface area (Å²) in [5, 5.41) is 0. The van der Waals surface area contributed by atoms with Gasteiger partial charge in [-0.25, -0.2) is 0 Å². The molecule has 20 heavy (non-hydrogen) atoms. The number of hydrogen-bond acceptors (Lipinski definition) is 2. The van der Waals surface area contributed by atoms with Crippen molar-refractivity contribution >= 4 is 11.6 Å². The summed E-state index contributed by atoms with van der Waals surface area (Å²) in [6.07, 6.45) is 6.54. The van der Waals surface area contributed by atoms with Gasteiger partial charge in [0.15, 0.2) is 0 Å². The third-order valence-corrected chi connectivity index (χ3v) is 4.92. The lowest BCUT2D eigenvalue weighted by Crippen LogP contribution is -2.63. The third-order valence-electron chi connectivity index (χ3n) is 4.92. The molecule has 0 N–H and O–H groups in total. The van der Waals surface area contributed by atoms with E-state index in [1.54, 1.807) is 7.11 Å². The Balaban J connectivity index is 1.80. The van der Waals surface area contributed by atoms with Gasteiger partial charge in [0.25, 0.3) is 0 Å². The predicted octanol–water partition coefficient (Wildman–Crippen LogP) is 3.63. The number of ether oxygens (including phenoxy) is 1. The number of rotatable bonds is 3. The smallest absolute Gasteiger partial charge is 0.232 e. The molecule has 2 aliphatic rings. The van der Waals surface area contributed by atoms with Crippen LogP contribution in [0.5, 0.6) is 5.75 Å². The molecule has 3 heteroatoms. The number of β-lactam (4-membered cyclic amide) rings is 1. The van der Waals surface area contributed by atoms with E-state index in [0.29, 0.717) is 12.0 Å². The molecule has 1 aromatic rings. The van der Waals surface area contributed by atoms with Crippen molar-refractivity contribution in [2.45, 2.75) is 45.1 Å². The topological polar surface area (TPSA) is 29.5 Å². The Morgan fingerprint density at radius 1 is 1.10 bits per heavy atom. The standard InChI is InChI=1S/C17H23NO2/c1-12-16(13-6-4-3-5-7-13)18(17(12)19)14-8-10-15(20-2)11-9-14/h8-13,16H,3-7H2,1-2H3/t12-,16+/m0/s1. The van der Waals surface area contributed by atoms with Crippen LogP contribution < -0.4 is 9.64 Å². The maximum absolute atomic E-state index is 12.3. The van der Waals surface area contributed by atoms with Crippen LogP contribution in [0.3, 0.4) is 0 Å². The van der Waals surface area contributed by atoms with Crippen LogP contribution in [0, 0.1) is 11.8 Å². The molecule has 2 atom stereocenters. The van der Waals surface area contributed by atoms with Crippen LogP contribution in [-0.2, 0) is 4.79 Å². The van der Waals surface area contributed by atoms with Crippen LogP contribution in [0.15, 0.2) is 24.3 Å². The number of anilines is 1. The quantitative estimate of drug-likeness (QED) is 0.787. The van der Waals surface area contributed by atoms with Gasteiger partial charge in [-0.05, 0) is 43.0 Å². The zero-order chi connectivity index (χ0) is 14.1. The molecule has 1 aliphatic carbocycles. The van der Waals surface area contributed by atoms with E-state index < -0.39 is 0 Å². The fourth-order valence-electron chi connectivity index (χ4n) is 3.79. The summed E-state index contributed by atoms with van der Waals surface area (Å²) in [4.78, 5) is 14.3. The highest BCUT2D eigenvalue weighted by atomic mass is 16.5. The summed E-state index contributed by atoms with van der Waals surface area (Å²) in [7, 11) is 1.66. The first-order valence-corrected chi connectivity index (χ1v) is 7.69. The molecule has 1 saturated carbocycles. The van der Waals surface area contributed by atoms with E-state index in [9.17, 15) is 4.79 Å². The number of carbonyl (C=O) groups is 1. The Labute approximate surface area is 120 Å². The lowest BCUT2D eigenvalue weighted by molar-refractivity contribution is -0.131. The second kappa shape index (κ2) is 5.47. The second-order valence-electron chi connectivity index (χ2n) is 6.08. The number of methoxy groups -OCH3 is 1. The molecule has 3 nitrogen and oxygen atoms in total. The van der Waals surface area contributed by atoms with Crippen molar-refractivity contribution in [3.8, 4) is 5.75 Å². The molecule has 0 aromatic heterocycles. The molecule has 0 radical (unpaired) electrons. The van der Waals surface area contributed by atoms with Crippen molar-refractivity contribution in [1.29, 1.82) is 0 Å². The van der Waals surface area contributed by atoms with Crippen LogP contribution in [0.2, 0.25) is 0 Å². The molecule has 1 amide bonds. The normalized spacial score (nSPS) is 27.3. The molecule has 3 rings (SSSR count). The minimum atomic E-state index is 0.181. The van der Waals surface area contributed by atoms with E-state index in [-0.39, 0.29) is 11.8 Å². The monoisotopic (exact) mass is 273 g/mol. The van der Waals surface area contributed by atoms with Crippen molar-refractivity contribution in [2.75, 3.05) is 12.0 Å². The molecular weight excluding hydrogens is 250 g/mol. The highest BCUT2D eigenvalue weighted by Gasteiger charge is 2.48. The zero-order valence-electron chi connectivity index (χ0n) is 12.3. The molecule has 2 fully saturated rings. The third kappa shape index (κ3) is 2.19. The van der Waals surface area contributed by atoms with Crippen LogP contribution in [0.1, 0.15) is 39.0 Å². The maximum atomic E-state index is 12.3. The van der Waals surface area contributed by atoms with Gasteiger partial charge in [0.1, 0.15) is 5.75 Å². The average Bonchev–Trinajstić information content (AvgIpc) is 2.52. The van der Waals surface area contributed by atoms with Gasteiger partial charge >= 0.3 is 0 Å². The van der Waals surface area contributed by atoms with Crippen LogP contribution in [-0.4, -0.2) is 19.1 Å². The van der Waals surface area contributed by atoms with Gasteiger partial charge in [0, 0.05) is 5.69 Å². The molecule has 108 valence electrons. The SMILES string of the molecule is COc1ccc(N2C(=O)[C@@H](C)[C@@H]2C2CCCCC2)cc1. The van der Waals surface area contributed by atoms with Crippen molar-refractivity contribution < 1.29 is 9.53 Å². The highest BCUT2D eigenvalue weighted by Crippen LogP contribution is 2.42. The molecule has 1 heterocycles. The minimum Gasteiger partial charge on any atom is -0.497 e. The summed E-state index contributed by atoms with van der Waals surface area (Å²) < 4.78 is 5.19. The van der Waals surface area contributed by atoms with Gasteiger partial charge in [-0.2, -0.15) is 0 Å². The van der Waals surface area contributed by atoms with Gasteiger partial charge in [0.2, 0.25) is 5.91 Å². The van der Waals surface area contributed by atoms with Crippen molar-refractivity contribution in [1.82, 2.24) is 0 Å². The highest BCUT2D eigenvalue weighted by molar-refractivity contribution is 6.02. The number of carbonyl (C=O) groups excluding carboxylic acids is 1. The Hall–Kier alpha value is -1.51. The zero-order valence-corrected chi connectivity index (χ0v) is 12.3. The molecule has 1 saturated heterocycles. The van der Waals surface area contributed by atoms with Gasteiger partial charge < -0.3 is 9.64 Å². The molecule has 0 spiro atoms. The maximum Gasteiger partial charge on any atom is 0.232 e. The molecule has 1 aromatic carbocycles. The van der Waals surface area contributed by atoms with E-state index in [1.165, 1.54) is 32.1 Å². The molecule has 1 aliphatic heterocycles. The Morgan fingerprint density at radius 3 is 2.35 bits per heavy atom. The van der Waals surface area contributed by atoms with E-state index in [1.807, 2.05) is 29.2 Å². The fraction of sp³-hybridized carbons (Fsp3) is 0.588. The van der Waals surface area contributed by atoms with E-state index in [2.05, 4.69) is 6.92 Å². The number of benzene rings is 1. The first-order chi connectivity index (χ1) is 9.72. The average molecular weight is 273 g/mol. The first-order valence-electron chi connectivity index (χ1n) is 7.69. The van der Waals surface area contributed by atoms with Gasteiger partial charge in [-0.3, -0.25) is 4.79 Å². The van der Waals surface area contributed by atoms with Gasteiger partial charge in [-0.15, -0.1) is 0 Å². The predicted molar refractivity (Wildman–Crippen MR) is 80.0 cm³/mol. The fourth-order valence-corrected chi connectivity index (χ4v) is 3.79.